The maximum atomic E-state index is 13.1. The van der Waals surface area contributed by atoms with E-state index in [-0.39, 0.29) is 11.9 Å². The second-order valence-electron chi connectivity index (χ2n) is 7.20. The number of ether oxygens (including phenoxy) is 1. The minimum atomic E-state index is -1.03. The largest absolute Gasteiger partial charge is 0.497 e. The highest BCUT2D eigenvalue weighted by atomic mass is 16.5. The van der Waals surface area contributed by atoms with Crippen LogP contribution in [0.5, 0.6) is 5.75 Å². The van der Waals surface area contributed by atoms with Gasteiger partial charge in [0.1, 0.15) is 11.3 Å². The number of urea groups is 1. The van der Waals surface area contributed by atoms with Crippen LogP contribution >= 0.6 is 0 Å². The molecule has 0 unspecified atom stereocenters. The number of carbonyl (C=O) groups is 2. The van der Waals surface area contributed by atoms with Crippen molar-refractivity contribution < 1.29 is 19.2 Å². The number of nitrogens with one attached hydrogen (secondary N) is 2. The molecule has 2 saturated heterocycles. The molecule has 0 saturated carbocycles. The van der Waals surface area contributed by atoms with Crippen LogP contribution in [0.2, 0.25) is 0 Å². The standard InChI is InChI=1S/C19H27N3O3/c1-19(15-9-8-10-16(13-15)25-2)17(23)22(18(24)20-19)14-21-11-6-4-3-5-7-12-21/h8-10,13H,3-7,11-12,14H2,1-2H3,(H,20,24)/p+1/t19-/m1/s1. The lowest BCUT2D eigenvalue weighted by Crippen LogP contribution is -3.13. The molecule has 0 aliphatic carbocycles. The van der Waals surface area contributed by atoms with Gasteiger partial charge in [0.15, 0.2) is 6.67 Å². The fraction of sp³-hybridized carbons (Fsp3) is 0.579. The SMILES string of the molecule is COc1cccc([C@@]2(C)NC(=O)N(C[NH+]3CCCCCCC3)C2=O)c1. The lowest BCUT2D eigenvalue weighted by molar-refractivity contribution is -0.908. The molecule has 0 aromatic heterocycles. The first-order valence-corrected chi connectivity index (χ1v) is 9.17. The number of amides is 3. The molecular formula is C19H28N3O3+. The monoisotopic (exact) mass is 346 g/mol. The summed E-state index contributed by atoms with van der Waals surface area (Å²) in [6, 6.07) is 7.03. The van der Waals surface area contributed by atoms with Gasteiger partial charge in [-0.1, -0.05) is 18.6 Å². The Morgan fingerprint density at radius 1 is 1.16 bits per heavy atom. The highest BCUT2D eigenvalue weighted by Gasteiger charge is 2.50. The molecule has 2 heterocycles. The molecule has 25 heavy (non-hydrogen) atoms. The smallest absolute Gasteiger partial charge is 0.329 e. The zero-order valence-corrected chi connectivity index (χ0v) is 15.1. The van der Waals surface area contributed by atoms with Crippen LogP contribution in [0.3, 0.4) is 0 Å². The number of carbonyl (C=O) groups excluding carboxylic acids is 2. The van der Waals surface area contributed by atoms with Crippen molar-refractivity contribution in [1.82, 2.24) is 10.2 Å². The second kappa shape index (κ2) is 7.44. The van der Waals surface area contributed by atoms with Crippen molar-refractivity contribution in [1.29, 1.82) is 0 Å². The molecule has 2 fully saturated rings. The van der Waals surface area contributed by atoms with Gasteiger partial charge in [-0.2, -0.15) is 0 Å². The summed E-state index contributed by atoms with van der Waals surface area (Å²) < 4.78 is 5.25. The Labute approximate surface area is 149 Å². The number of likely N-dealkylation sites (tertiary alicyclic amines) is 1. The molecule has 2 N–H and O–H groups in total. The summed E-state index contributed by atoms with van der Waals surface area (Å²) in [6.45, 7) is 4.26. The van der Waals surface area contributed by atoms with Crippen LogP contribution < -0.4 is 15.0 Å². The van der Waals surface area contributed by atoms with E-state index in [4.69, 9.17) is 4.74 Å². The third kappa shape index (κ3) is 3.63. The van der Waals surface area contributed by atoms with Crippen molar-refractivity contribution in [2.45, 2.75) is 44.6 Å². The van der Waals surface area contributed by atoms with Crippen LogP contribution in [0, 0.1) is 0 Å². The summed E-state index contributed by atoms with van der Waals surface area (Å²) in [5, 5.41) is 2.88. The molecule has 1 aromatic rings. The number of benzene rings is 1. The summed E-state index contributed by atoms with van der Waals surface area (Å²) >= 11 is 0. The van der Waals surface area contributed by atoms with Gasteiger partial charge in [0.25, 0.3) is 5.91 Å². The molecule has 0 radical (unpaired) electrons. The Morgan fingerprint density at radius 2 is 1.84 bits per heavy atom. The van der Waals surface area contributed by atoms with Crippen LogP contribution in [0.15, 0.2) is 24.3 Å². The number of nitrogens with zero attached hydrogens (tertiary/aromatic N) is 1. The predicted octanol–water partition coefficient (Wildman–Crippen LogP) is 1.27. The van der Waals surface area contributed by atoms with Gasteiger partial charge in [-0.3, -0.25) is 4.79 Å². The number of quaternary nitrogens is 1. The van der Waals surface area contributed by atoms with Gasteiger partial charge < -0.3 is 15.0 Å². The lowest BCUT2D eigenvalue weighted by Gasteiger charge is -2.26. The van der Waals surface area contributed by atoms with Crippen molar-refractivity contribution in [3.8, 4) is 5.75 Å². The number of hydrogen-bond acceptors (Lipinski definition) is 3. The van der Waals surface area contributed by atoms with Crippen molar-refractivity contribution in [3.05, 3.63) is 29.8 Å². The molecule has 6 nitrogen and oxygen atoms in total. The molecule has 3 rings (SSSR count). The molecule has 0 bridgehead atoms. The van der Waals surface area contributed by atoms with E-state index in [2.05, 4.69) is 5.32 Å². The molecule has 1 atom stereocenters. The topological polar surface area (TPSA) is 63.1 Å². The van der Waals surface area contributed by atoms with E-state index in [1.165, 1.54) is 29.1 Å². The van der Waals surface area contributed by atoms with Crippen LogP contribution in [-0.2, 0) is 10.3 Å². The zero-order valence-electron chi connectivity index (χ0n) is 15.1. The summed E-state index contributed by atoms with van der Waals surface area (Å²) in [4.78, 5) is 28.3. The maximum absolute atomic E-state index is 13.1. The molecule has 0 spiro atoms. The fourth-order valence-corrected chi connectivity index (χ4v) is 3.76. The minimum absolute atomic E-state index is 0.180. The summed E-state index contributed by atoms with van der Waals surface area (Å²) in [5.74, 6) is 0.494. The van der Waals surface area contributed by atoms with Crippen LogP contribution in [-0.4, -0.2) is 43.7 Å². The van der Waals surface area contributed by atoms with Gasteiger partial charge in [-0.15, -0.1) is 0 Å². The number of hydrogen-bond donors (Lipinski definition) is 2. The Hall–Kier alpha value is -2.08. The highest BCUT2D eigenvalue weighted by Crippen LogP contribution is 2.30. The summed E-state index contributed by atoms with van der Waals surface area (Å²) in [6.07, 6.45) is 6.10. The van der Waals surface area contributed by atoms with Crippen LogP contribution in [0.25, 0.3) is 0 Å². The van der Waals surface area contributed by atoms with Gasteiger partial charge in [0.2, 0.25) is 0 Å². The van der Waals surface area contributed by atoms with E-state index in [1.807, 2.05) is 24.3 Å². The first kappa shape index (κ1) is 17.7. The average Bonchev–Trinajstić information content (AvgIpc) is 2.81. The first-order chi connectivity index (χ1) is 12.0. The van der Waals surface area contributed by atoms with Crippen molar-refractivity contribution in [3.63, 3.8) is 0 Å². The average molecular weight is 346 g/mol. The maximum Gasteiger partial charge on any atom is 0.329 e. The van der Waals surface area contributed by atoms with Crippen LogP contribution in [0.4, 0.5) is 4.79 Å². The minimum Gasteiger partial charge on any atom is -0.497 e. The van der Waals surface area contributed by atoms with E-state index in [0.717, 1.165) is 31.5 Å². The van der Waals surface area contributed by atoms with Gasteiger partial charge >= 0.3 is 6.03 Å². The Kier molecular flexibility index (Phi) is 5.27. The van der Waals surface area contributed by atoms with Crippen molar-refractivity contribution >= 4 is 11.9 Å². The molecule has 3 amide bonds. The molecule has 6 heteroatoms. The van der Waals surface area contributed by atoms with Gasteiger partial charge in [-0.25, -0.2) is 9.69 Å². The first-order valence-electron chi connectivity index (χ1n) is 9.17. The lowest BCUT2D eigenvalue weighted by atomic mass is 9.92. The predicted molar refractivity (Wildman–Crippen MR) is 94.4 cm³/mol. The molecule has 136 valence electrons. The summed E-state index contributed by atoms with van der Waals surface area (Å²) in [5.41, 5.74) is -0.288. The Balaban J connectivity index is 1.76. The number of rotatable bonds is 4. The normalized spacial score (nSPS) is 25.4. The van der Waals surface area contributed by atoms with E-state index in [0.29, 0.717) is 12.4 Å². The van der Waals surface area contributed by atoms with E-state index < -0.39 is 5.54 Å². The Morgan fingerprint density at radius 3 is 2.52 bits per heavy atom. The quantitative estimate of drug-likeness (QED) is 0.807. The van der Waals surface area contributed by atoms with Crippen molar-refractivity contribution in [2.75, 3.05) is 26.9 Å². The van der Waals surface area contributed by atoms with E-state index >= 15 is 0 Å². The van der Waals surface area contributed by atoms with Gasteiger partial charge in [0, 0.05) is 0 Å². The summed E-state index contributed by atoms with van der Waals surface area (Å²) in [7, 11) is 1.59. The molecular weight excluding hydrogens is 318 g/mol. The molecule has 2 aliphatic heterocycles. The molecule has 1 aromatic carbocycles. The highest BCUT2D eigenvalue weighted by molar-refractivity contribution is 6.07. The van der Waals surface area contributed by atoms with Crippen LogP contribution in [0.1, 0.15) is 44.6 Å². The third-order valence-corrected chi connectivity index (χ3v) is 5.36. The van der Waals surface area contributed by atoms with E-state index in [9.17, 15) is 9.59 Å². The van der Waals surface area contributed by atoms with E-state index in [1.54, 1.807) is 14.0 Å². The number of methoxy groups -OCH3 is 1. The fourth-order valence-electron chi connectivity index (χ4n) is 3.76. The number of imide groups is 1. The van der Waals surface area contributed by atoms with Gasteiger partial charge in [0.05, 0.1) is 20.2 Å². The molecule has 2 aliphatic rings. The zero-order chi connectivity index (χ0) is 17.9. The van der Waals surface area contributed by atoms with Gasteiger partial charge in [-0.05, 0) is 50.3 Å². The second-order valence-corrected chi connectivity index (χ2v) is 7.20. The van der Waals surface area contributed by atoms with Crippen molar-refractivity contribution in [2.24, 2.45) is 0 Å². The third-order valence-electron chi connectivity index (χ3n) is 5.36. The Bertz CT molecular complexity index is 641.